The molecule has 94 valence electrons. The van der Waals surface area contributed by atoms with Gasteiger partial charge in [-0.25, -0.2) is 4.39 Å². The van der Waals surface area contributed by atoms with Gasteiger partial charge in [0.2, 0.25) is 0 Å². The van der Waals surface area contributed by atoms with Crippen LogP contribution in [0.3, 0.4) is 0 Å². The molecule has 1 rings (SSSR count). The third-order valence-electron chi connectivity index (χ3n) is 3.20. The summed E-state index contributed by atoms with van der Waals surface area (Å²) in [4.78, 5) is 10.8. The van der Waals surface area contributed by atoms with Gasteiger partial charge in [0.1, 0.15) is 5.82 Å². The number of hydrogen-bond acceptors (Lipinski definition) is 2. The minimum Gasteiger partial charge on any atom is -0.481 e. The van der Waals surface area contributed by atoms with E-state index in [1.54, 1.807) is 26.8 Å². The van der Waals surface area contributed by atoms with Gasteiger partial charge in [0.15, 0.2) is 0 Å². The average Bonchev–Trinajstić information content (AvgIpc) is 2.29. The quantitative estimate of drug-likeness (QED) is 0.850. The summed E-state index contributed by atoms with van der Waals surface area (Å²) in [6, 6.07) is 4.31. The number of rotatable bonds is 4. The zero-order valence-corrected chi connectivity index (χ0v) is 10.1. The molecular formula is C13H17FO3. The van der Waals surface area contributed by atoms with E-state index in [0.29, 0.717) is 11.1 Å². The van der Waals surface area contributed by atoms with E-state index in [9.17, 15) is 14.3 Å². The Morgan fingerprint density at radius 3 is 2.41 bits per heavy atom. The Bertz CT molecular complexity index is 417. The maximum absolute atomic E-state index is 13.1. The molecule has 0 aliphatic rings. The SMILES string of the molecule is Cc1cc(C(O)C(C)C(C)C(=O)O)ccc1F. The molecule has 3 unspecified atom stereocenters. The standard InChI is InChI=1S/C13H17FO3/c1-7-6-10(4-5-11(7)14)12(15)8(2)9(3)13(16)17/h4-6,8-9,12,15H,1-3H3,(H,16,17). The van der Waals surface area contributed by atoms with Crippen molar-refractivity contribution < 1.29 is 19.4 Å². The van der Waals surface area contributed by atoms with Crippen LogP contribution in [0.5, 0.6) is 0 Å². The van der Waals surface area contributed by atoms with Gasteiger partial charge in [0, 0.05) is 0 Å². The van der Waals surface area contributed by atoms with Crippen molar-refractivity contribution in [1.29, 1.82) is 0 Å². The highest BCUT2D eigenvalue weighted by Gasteiger charge is 2.27. The molecular weight excluding hydrogens is 223 g/mol. The van der Waals surface area contributed by atoms with Gasteiger partial charge in [-0.2, -0.15) is 0 Å². The maximum Gasteiger partial charge on any atom is 0.306 e. The highest BCUT2D eigenvalue weighted by Crippen LogP contribution is 2.28. The predicted molar refractivity (Wildman–Crippen MR) is 62.1 cm³/mol. The molecule has 3 nitrogen and oxygen atoms in total. The first-order chi connectivity index (χ1) is 7.84. The normalized spacial score (nSPS) is 16.3. The lowest BCUT2D eigenvalue weighted by molar-refractivity contribution is -0.144. The van der Waals surface area contributed by atoms with Crippen LogP contribution in [0.4, 0.5) is 4.39 Å². The minimum absolute atomic E-state index is 0.333. The Hall–Kier alpha value is -1.42. The van der Waals surface area contributed by atoms with Crippen molar-refractivity contribution >= 4 is 5.97 Å². The second kappa shape index (κ2) is 5.27. The number of carboxylic acids is 1. The Morgan fingerprint density at radius 2 is 1.94 bits per heavy atom. The molecule has 4 heteroatoms. The lowest BCUT2D eigenvalue weighted by Crippen LogP contribution is -2.24. The van der Waals surface area contributed by atoms with E-state index in [0.717, 1.165) is 0 Å². The molecule has 0 aromatic heterocycles. The van der Waals surface area contributed by atoms with Crippen LogP contribution in [0.15, 0.2) is 18.2 Å². The summed E-state index contributed by atoms with van der Waals surface area (Å²) in [6.45, 7) is 4.82. The number of benzene rings is 1. The van der Waals surface area contributed by atoms with Crippen LogP contribution in [0.1, 0.15) is 31.1 Å². The molecule has 0 fully saturated rings. The van der Waals surface area contributed by atoms with Crippen molar-refractivity contribution in [2.75, 3.05) is 0 Å². The van der Waals surface area contributed by atoms with Gasteiger partial charge in [0.05, 0.1) is 12.0 Å². The second-order valence-corrected chi connectivity index (χ2v) is 4.44. The Morgan fingerprint density at radius 1 is 1.35 bits per heavy atom. The highest BCUT2D eigenvalue weighted by atomic mass is 19.1. The summed E-state index contributed by atoms with van der Waals surface area (Å²) < 4.78 is 13.1. The fraction of sp³-hybridized carbons (Fsp3) is 0.462. The van der Waals surface area contributed by atoms with Crippen molar-refractivity contribution in [3.8, 4) is 0 Å². The van der Waals surface area contributed by atoms with Crippen LogP contribution >= 0.6 is 0 Å². The Balaban J connectivity index is 2.92. The first-order valence-corrected chi connectivity index (χ1v) is 5.51. The van der Waals surface area contributed by atoms with Crippen LogP contribution < -0.4 is 0 Å². The van der Waals surface area contributed by atoms with E-state index in [4.69, 9.17) is 5.11 Å². The fourth-order valence-electron chi connectivity index (χ4n) is 1.65. The topological polar surface area (TPSA) is 57.5 Å². The van der Waals surface area contributed by atoms with E-state index in [1.165, 1.54) is 12.1 Å². The molecule has 2 N–H and O–H groups in total. The number of aryl methyl sites for hydroxylation is 1. The van der Waals surface area contributed by atoms with Crippen molar-refractivity contribution in [1.82, 2.24) is 0 Å². The van der Waals surface area contributed by atoms with Gasteiger partial charge < -0.3 is 10.2 Å². The van der Waals surface area contributed by atoms with Gasteiger partial charge in [-0.05, 0) is 30.0 Å². The maximum atomic E-state index is 13.1. The summed E-state index contributed by atoms with van der Waals surface area (Å²) in [5.74, 6) is -2.37. The fourth-order valence-corrected chi connectivity index (χ4v) is 1.65. The molecule has 0 saturated carbocycles. The summed E-state index contributed by atoms with van der Waals surface area (Å²) >= 11 is 0. The first-order valence-electron chi connectivity index (χ1n) is 5.51. The van der Waals surface area contributed by atoms with Crippen molar-refractivity contribution in [2.45, 2.75) is 26.9 Å². The highest BCUT2D eigenvalue weighted by molar-refractivity contribution is 5.69. The molecule has 0 saturated heterocycles. The van der Waals surface area contributed by atoms with Crippen molar-refractivity contribution in [3.05, 3.63) is 35.1 Å². The van der Waals surface area contributed by atoms with Crippen LogP contribution in [-0.2, 0) is 4.79 Å². The smallest absolute Gasteiger partial charge is 0.306 e. The molecule has 0 aliphatic carbocycles. The van der Waals surface area contributed by atoms with Gasteiger partial charge in [-0.3, -0.25) is 4.79 Å². The number of aliphatic hydroxyl groups excluding tert-OH is 1. The van der Waals surface area contributed by atoms with E-state index >= 15 is 0 Å². The second-order valence-electron chi connectivity index (χ2n) is 4.44. The number of carboxylic acid groups (broad SMARTS) is 1. The minimum atomic E-state index is -0.949. The van der Waals surface area contributed by atoms with Crippen LogP contribution in [0.25, 0.3) is 0 Å². The predicted octanol–water partition coefficient (Wildman–Crippen LogP) is 2.52. The monoisotopic (exact) mass is 240 g/mol. The third-order valence-corrected chi connectivity index (χ3v) is 3.20. The van der Waals surface area contributed by atoms with E-state index in [2.05, 4.69) is 0 Å². The molecule has 0 aliphatic heterocycles. The molecule has 1 aromatic carbocycles. The van der Waals surface area contributed by atoms with Crippen molar-refractivity contribution in [3.63, 3.8) is 0 Å². The third kappa shape index (κ3) is 3.03. The summed E-state index contributed by atoms with van der Waals surface area (Å²) in [6.07, 6.45) is -0.902. The van der Waals surface area contributed by atoms with Gasteiger partial charge in [0.25, 0.3) is 0 Å². The van der Waals surface area contributed by atoms with Crippen LogP contribution in [0.2, 0.25) is 0 Å². The summed E-state index contributed by atoms with van der Waals surface area (Å²) in [7, 11) is 0. The molecule has 0 spiro atoms. The molecule has 1 aromatic rings. The zero-order valence-electron chi connectivity index (χ0n) is 10.1. The molecule has 0 radical (unpaired) electrons. The largest absolute Gasteiger partial charge is 0.481 e. The number of carbonyl (C=O) groups is 1. The molecule has 0 bridgehead atoms. The molecule has 3 atom stereocenters. The number of halogens is 1. The van der Waals surface area contributed by atoms with Crippen molar-refractivity contribution in [2.24, 2.45) is 11.8 Å². The van der Waals surface area contributed by atoms with Gasteiger partial charge in [-0.15, -0.1) is 0 Å². The number of aliphatic hydroxyl groups is 1. The van der Waals surface area contributed by atoms with Crippen LogP contribution in [0, 0.1) is 24.6 Å². The Kier molecular flexibility index (Phi) is 4.23. The van der Waals surface area contributed by atoms with E-state index < -0.39 is 23.9 Å². The van der Waals surface area contributed by atoms with E-state index in [-0.39, 0.29) is 5.82 Å². The first kappa shape index (κ1) is 13.6. The number of aliphatic carboxylic acids is 1. The molecule has 0 amide bonds. The number of hydrogen-bond donors (Lipinski definition) is 2. The van der Waals surface area contributed by atoms with Crippen LogP contribution in [-0.4, -0.2) is 16.2 Å². The Labute approximate surface area is 99.9 Å². The van der Waals surface area contributed by atoms with Gasteiger partial charge >= 0.3 is 5.97 Å². The van der Waals surface area contributed by atoms with Gasteiger partial charge in [-0.1, -0.05) is 26.0 Å². The zero-order chi connectivity index (χ0) is 13.2. The molecule has 17 heavy (non-hydrogen) atoms. The lowest BCUT2D eigenvalue weighted by atomic mass is 9.86. The lowest BCUT2D eigenvalue weighted by Gasteiger charge is -2.22. The van der Waals surface area contributed by atoms with E-state index in [1.807, 2.05) is 0 Å². The summed E-state index contributed by atoms with van der Waals surface area (Å²) in [5, 5.41) is 18.9. The average molecular weight is 240 g/mol. The molecule has 0 heterocycles. The summed E-state index contributed by atoms with van der Waals surface area (Å²) in [5.41, 5.74) is 0.987.